The van der Waals surface area contributed by atoms with Crippen molar-refractivity contribution < 1.29 is 8.42 Å². The van der Waals surface area contributed by atoms with E-state index in [0.29, 0.717) is 4.90 Å². The van der Waals surface area contributed by atoms with E-state index < -0.39 is 10.0 Å². The Morgan fingerprint density at radius 2 is 1.89 bits per heavy atom. The number of hydrogen-bond acceptors (Lipinski definition) is 2. The third-order valence-corrected chi connectivity index (χ3v) is 4.39. The Morgan fingerprint density at radius 3 is 2.47 bits per heavy atom. The van der Waals surface area contributed by atoms with Gasteiger partial charge in [0.15, 0.2) is 0 Å². The number of sulfonamides is 1. The molecule has 0 aromatic heterocycles. The predicted octanol–water partition coefficient (Wildman–Crippen LogP) is 2.59. The van der Waals surface area contributed by atoms with Crippen LogP contribution in [0.2, 0.25) is 0 Å². The third kappa shape index (κ3) is 4.55. The van der Waals surface area contributed by atoms with Crippen LogP contribution in [0.5, 0.6) is 0 Å². The summed E-state index contributed by atoms with van der Waals surface area (Å²) in [5.74, 6) is 5.63. The lowest BCUT2D eigenvalue weighted by Gasteiger charge is -2.14. The minimum atomic E-state index is -3.44. The van der Waals surface area contributed by atoms with E-state index in [1.807, 2.05) is 19.9 Å². The number of aryl methyl sites for hydroxylation is 1. The van der Waals surface area contributed by atoms with Gasteiger partial charge in [-0.15, -0.1) is 0 Å². The molecule has 0 saturated heterocycles. The third-order valence-electron chi connectivity index (χ3n) is 2.57. The van der Waals surface area contributed by atoms with Crippen LogP contribution < -0.4 is 0 Å². The van der Waals surface area contributed by atoms with Gasteiger partial charge < -0.3 is 0 Å². The Kier molecular flexibility index (Phi) is 5.81. The lowest BCUT2D eigenvalue weighted by atomic mass is 10.2. The summed E-state index contributed by atoms with van der Waals surface area (Å²) in [6.45, 7) is 4.13. The van der Waals surface area contributed by atoms with E-state index >= 15 is 0 Å². The molecule has 0 N–H and O–H groups in total. The monoisotopic (exact) mass is 277 g/mol. The molecule has 1 rings (SSSR count). The van der Waals surface area contributed by atoms with Gasteiger partial charge in [0.05, 0.1) is 11.4 Å². The molecule has 0 amide bonds. The standard InChI is InChI=1S/C15H19NO2S/c1-4-5-6-7-8-13-16(3)19(17,18)15-11-9-14(2)10-12-15/h5-6,9-12H,4,13H2,1-3H3/b6-5-. The van der Waals surface area contributed by atoms with Gasteiger partial charge in [0, 0.05) is 7.05 Å². The average Bonchev–Trinajstić information content (AvgIpc) is 2.38. The van der Waals surface area contributed by atoms with Crippen molar-refractivity contribution in [2.75, 3.05) is 13.6 Å². The summed E-state index contributed by atoms with van der Waals surface area (Å²) >= 11 is 0. The second-order valence-electron chi connectivity index (χ2n) is 4.21. The maximum Gasteiger partial charge on any atom is 0.243 e. The van der Waals surface area contributed by atoms with Gasteiger partial charge in [-0.3, -0.25) is 0 Å². The molecule has 1 aromatic rings. The quantitative estimate of drug-likeness (QED) is 0.793. The minimum Gasteiger partial charge on any atom is -0.207 e. The van der Waals surface area contributed by atoms with Crippen molar-refractivity contribution in [2.45, 2.75) is 25.2 Å². The highest BCUT2D eigenvalue weighted by Gasteiger charge is 2.19. The van der Waals surface area contributed by atoms with Crippen molar-refractivity contribution in [1.82, 2.24) is 4.31 Å². The van der Waals surface area contributed by atoms with Gasteiger partial charge >= 0.3 is 0 Å². The second kappa shape index (κ2) is 7.13. The summed E-state index contributed by atoms with van der Waals surface area (Å²) in [7, 11) is -1.91. The zero-order valence-electron chi connectivity index (χ0n) is 11.6. The summed E-state index contributed by atoms with van der Waals surface area (Å²) in [6.07, 6.45) is 4.60. The highest BCUT2D eigenvalue weighted by Crippen LogP contribution is 2.14. The van der Waals surface area contributed by atoms with Crippen molar-refractivity contribution in [3.8, 4) is 11.8 Å². The molecular weight excluding hydrogens is 258 g/mol. The molecular formula is C15H19NO2S. The Hall–Kier alpha value is -1.57. The number of rotatable bonds is 4. The molecule has 3 nitrogen and oxygen atoms in total. The molecule has 0 aliphatic rings. The maximum atomic E-state index is 12.2. The molecule has 1 aromatic carbocycles. The van der Waals surface area contributed by atoms with Gasteiger partial charge in [-0.05, 0) is 31.6 Å². The smallest absolute Gasteiger partial charge is 0.207 e. The van der Waals surface area contributed by atoms with Crippen LogP contribution in [0.1, 0.15) is 18.9 Å². The van der Waals surface area contributed by atoms with Crippen LogP contribution in [0.3, 0.4) is 0 Å². The molecule has 0 aliphatic heterocycles. The van der Waals surface area contributed by atoms with Crippen LogP contribution in [0.15, 0.2) is 41.3 Å². The van der Waals surface area contributed by atoms with Crippen LogP contribution in [0.4, 0.5) is 0 Å². The molecule has 0 heterocycles. The zero-order chi connectivity index (χ0) is 14.3. The van der Waals surface area contributed by atoms with E-state index in [1.54, 1.807) is 30.3 Å². The molecule has 4 heteroatoms. The van der Waals surface area contributed by atoms with Gasteiger partial charge in [-0.2, -0.15) is 4.31 Å². The summed E-state index contributed by atoms with van der Waals surface area (Å²) in [5.41, 5.74) is 1.03. The zero-order valence-corrected chi connectivity index (χ0v) is 12.4. The van der Waals surface area contributed by atoms with Gasteiger partial charge in [-0.1, -0.05) is 42.5 Å². The highest BCUT2D eigenvalue weighted by atomic mass is 32.2. The lowest BCUT2D eigenvalue weighted by molar-refractivity contribution is 0.503. The average molecular weight is 277 g/mol. The summed E-state index contributed by atoms with van der Waals surface area (Å²) in [5, 5.41) is 0. The summed E-state index contributed by atoms with van der Waals surface area (Å²) < 4.78 is 25.7. The molecule has 0 spiro atoms. The molecule has 19 heavy (non-hydrogen) atoms. The molecule has 0 saturated carbocycles. The molecule has 102 valence electrons. The van der Waals surface area contributed by atoms with E-state index in [-0.39, 0.29) is 6.54 Å². The first kappa shape index (κ1) is 15.5. The van der Waals surface area contributed by atoms with Crippen LogP contribution in [0.25, 0.3) is 0 Å². The van der Waals surface area contributed by atoms with E-state index in [0.717, 1.165) is 12.0 Å². The topological polar surface area (TPSA) is 37.4 Å². The fourth-order valence-corrected chi connectivity index (χ4v) is 2.44. The normalized spacial score (nSPS) is 11.6. The molecule has 0 radical (unpaired) electrons. The minimum absolute atomic E-state index is 0.185. The van der Waals surface area contributed by atoms with Gasteiger partial charge in [0.25, 0.3) is 0 Å². The first-order valence-electron chi connectivity index (χ1n) is 6.15. The molecule has 0 unspecified atom stereocenters. The van der Waals surface area contributed by atoms with Crippen molar-refractivity contribution in [3.05, 3.63) is 42.0 Å². The van der Waals surface area contributed by atoms with Crippen LogP contribution in [-0.2, 0) is 10.0 Å². The van der Waals surface area contributed by atoms with Crippen molar-refractivity contribution in [2.24, 2.45) is 0 Å². The number of benzene rings is 1. The molecule has 0 atom stereocenters. The Morgan fingerprint density at radius 1 is 1.26 bits per heavy atom. The van der Waals surface area contributed by atoms with Gasteiger partial charge in [0.2, 0.25) is 10.0 Å². The van der Waals surface area contributed by atoms with Crippen molar-refractivity contribution >= 4 is 10.0 Å². The predicted molar refractivity (Wildman–Crippen MR) is 78.2 cm³/mol. The van der Waals surface area contributed by atoms with E-state index in [1.165, 1.54) is 11.4 Å². The first-order chi connectivity index (χ1) is 8.98. The first-order valence-corrected chi connectivity index (χ1v) is 7.59. The molecule has 0 bridgehead atoms. The van der Waals surface area contributed by atoms with E-state index in [9.17, 15) is 8.42 Å². The second-order valence-corrected chi connectivity index (χ2v) is 6.25. The van der Waals surface area contributed by atoms with E-state index in [2.05, 4.69) is 11.8 Å². The Labute approximate surface area is 116 Å². The Balaban J connectivity index is 2.79. The van der Waals surface area contributed by atoms with Crippen molar-refractivity contribution in [3.63, 3.8) is 0 Å². The van der Waals surface area contributed by atoms with Gasteiger partial charge in [-0.25, -0.2) is 8.42 Å². The summed E-state index contributed by atoms with van der Waals surface area (Å²) in [6, 6.07) is 6.81. The van der Waals surface area contributed by atoms with Crippen LogP contribution >= 0.6 is 0 Å². The van der Waals surface area contributed by atoms with E-state index in [4.69, 9.17) is 0 Å². The Bertz CT molecular complexity index is 589. The fraction of sp³-hybridized carbons (Fsp3) is 0.333. The van der Waals surface area contributed by atoms with Crippen LogP contribution in [0, 0.1) is 18.8 Å². The summed E-state index contributed by atoms with van der Waals surface area (Å²) in [4.78, 5) is 0.298. The molecule has 0 aliphatic carbocycles. The van der Waals surface area contributed by atoms with Crippen LogP contribution in [-0.4, -0.2) is 26.3 Å². The fourth-order valence-electron chi connectivity index (χ4n) is 1.37. The number of hydrogen-bond donors (Lipinski definition) is 0. The maximum absolute atomic E-state index is 12.2. The van der Waals surface area contributed by atoms with Crippen molar-refractivity contribution in [1.29, 1.82) is 0 Å². The lowest BCUT2D eigenvalue weighted by Crippen LogP contribution is -2.27. The van der Waals surface area contributed by atoms with Gasteiger partial charge in [0.1, 0.15) is 0 Å². The number of nitrogens with zero attached hydrogens (tertiary/aromatic N) is 1. The molecule has 0 fully saturated rings. The number of allylic oxidation sites excluding steroid dienone is 2. The largest absolute Gasteiger partial charge is 0.243 e. The highest BCUT2D eigenvalue weighted by molar-refractivity contribution is 7.89. The SMILES string of the molecule is CC/C=C\C#CCN(C)S(=O)(=O)c1ccc(C)cc1.